The van der Waals surface area contributed by atoms with Crippen molar-refractivity contribution in [2.75, 3.05) is 14.2 Å². The summed E-state index contributed by atoms with van der Waals surface area (Å²) in [5.41, 5.74) is 0. The van der Waals surface area contributed by atoms with Crippen molar-refractivity contribution in [2.24, 2.45) is 0 Å². The average molecular weight is 118 g/mol. The van der Waals surface area contributed by atoms with E-state index >= 15 is 0 Å². The van der Waals surface area contributed by atoms with Crippen molar-refractivity contribution in [1.82, 2.24) is 0 Å². The van der Waals surface area contributed by atoms with E-state index in [0.29, 0.717) is 0 Å². The molecule has 0 fully saturated rings. The van der Waals surface area contributed by atoms with Gasteiger partial charge in [-0.05, 0) is 6.42 Å². The summed E-state index contributed by atoms with van der Waals surface area (Å²) in [4.78, 5) is 0. The highest BCUT2D eigenvalue weighted by molar-refractivity contribution is 4.38. The van der Waals surface area contributed by atoms with E-state index in [0.717, 1.165) is 12.8 Å². The molecule has 0 aliphatic carbocycles. The van der Waals surface area contributed by atoms with Gasteiger partial charge in [0.1, 0.15) is 0 Å². The molecule has 0 aliphatic heterocycles. The van der Waals surface area contributed by atoms with Crippen LogP contribution in [0.3, 0.4) is 0 Å². The Bertz CT molecular complexity index is 41.8. The third kappa shape index (κ3) is 2.99. The fraction of sp³-hybridized carbons (Fsp3) is 1.00. The van der Waals surface area contributed by atoms with Gasteiger partial charge in [0.05, 0.1) is 0 Å². The lowest BCUT2D eigenvalue weighted by atomic mass is 10.3. The molecule has 8 heavy (non-hydrogen) atoms. The van der Waals surface area contributed by atoms with Gasteiger partial charge in [-0.25, -0.2) is 0 Å². The zero-order chi connectivity index (χ0) is 6.41. The van der Waals surface area contributed by atoms with Crippen molar-refractivity contribution in [3.8, 4) is 0 Å². The molecule has 0 unspecified atom stereocenters. The van der Waals surface area contributed by atoms with Crippen LogP contribution in [0.2, 0.25) is 0 Å². The Kier molecular flexibility index (Phi) is 5.01. The van der Waals surface area contributed by atoms with Gasteiger partial charge >= 0.3 is 0 Å². The highest BCUT2D eigenvalue weighted by atomic mass is 16.7. The van der Waals surface area contributed by atoms with Crippen LogP contribution in [0.25, 0.3) is 0 Å². The van der Waals surface area contributed by atoms with Crippen LogP contribution in [0.5, 0.6) is 0 Å². The maximum absolute atomic E-state index is 4.92. The van der Waals surface area contributed by atoms with Crippen LogP contribution in [-0.4, -0.2) is 20.5 Å². The summed E-state index contributed by atoms with van der Waals surface area (Å²) in [7, 11) is 3.31. The van der Waals surface area contributed by atoms with E-state index in [2.05, 4.69) is 6.92 Å². The van der Waals surface area contributed by atoms with Crippen molar-refractivity contribution in [3.63, 3.8) is 0 Å². The second-order valence-electron chi connectivity index (χ2n) is 1.69. The Morgan fingerprint density at radius 1 is 1.25 bits per heavy atom. The largest absolute Gasteiger partial charge is 0.356 e. The molecule has 0 amide bonds. The first-order chi connectivity index (χ1) is 3.85. The first-order valence-electron chi connectivity index (χ1n) is 2.90. The molecule has 0 spiro atoms. The van der Waals surface area contributed by atoms with Crippen LogP contribution >= 0.6 is 0 Å². The van der Waals surface area contributed by atoms with E-state index in [9.17, 15) is 0 Å². The summed E-state index contributed by atoms with van der Waals surface area (Å²) in [6, 6.07) is 0. The Labute approximate surface area is 50.8 Å². The summed E-state index contributed by atoms with van der Waals surface area (Å²) in [5, 5.41) is 0. The minimum atomic E-state index is -0.000000000000000444. The number of ether oxygens (including phenoxy) is 2. The number of hydrogen-bond acceptors (Lipinski definition) is 2. The lowest BCUT2D eigenvalue weighted by Crippen LogP contribution is -2.11. The van der Waals surface area contributed by atoms with E-state index in [4.69, 9.17) is 9.47 Å². The van der Waals surface area contributed by atoms with Gasteiger partial charge in [-0.15, -0.1) is 0 Å². The van der Waals surface area contributed by atoms with Gasteiger partial charge in [-0.1, -0.05) is 13.3 Å². The standard InChI is InChI=1S/C6H14O2/c1-4-5-6(7-2)8-3/h6H,4-5H2,1-3H3. The van der Waals surface area contributed by atoms with E-state index < -0.39 is 0 Å². The zero-order valence-corrected chi connectivity index (χ0v) is 5.81. The molecular formula is C6H14O2. The number of hydrogen-bond donors (Lipinski definition) is 0. The second-order valence-corrected chi connectivity index (χ2v) is 1.69. The van der Waals surface area contributed by atoms with E-state index in [1.54, 1.807) is 14.2 Å². The first kappa shape index (κ1) is 7.92. The van der Waals surface area contributed by atoms with Crippen molar-refractivity contribution in [2.45, 2.75) is 26.1 Å². The van der Waals surface area contributed by atoms with Gasteiger partial charge in [0.2, 0.25) is 0 Å². The summed E-state index contributed by atoms with van der Waals surface area (Å²) < 4.78 is 9.84. The fourth-order valence-corrected chi connectivity index (χ4v) is 0.568. The Hall–Kier alpha value is -0.0800. The van der Waals surface area contributed by atoms with Gasteiger partial charge in [0.25, 0.3) is 0 Å². The molecule has 0 atom stereocenters. The summed E-state index contributed by atoms with van der Waals surface area (Å²) >= 11 is 0. The smallest absolute Gasteiger partial charge is 0.156 e. The topological polar surface area (TPSA) is 18.5 Å². The second kappa shape index (κ2) is 5.06. The van der Waals surface area contributed by atoms with Crippen LogP contribution in [0.4, 0.5) is 0 Å². The molecule has 50 valence electrons. The minimum absolute atomic E-state index is 0.000000000000000444. The third-order valence-electron chi connectivity index (χ3n) is 1.05. The SMILES string of the molecule is CCCC(OC)OC. The molecule has 0 rings (SSSR count). The third-order valence-corrected chi connectivity index (χ3v) is 1.05. The quantitative estimate of drug-likeness (QED) is 0.519. The molecule has 2 nitrogen and oxygen atoms in total. The van der Waals surface area contributed by atoms with Gasteiger partial charge in [0.15, 0.2) is 6.29 Å². The Morgan fingerprint density at radius 2 is 1.75 bits per heavy atom. The summed E-state index contributed by atoms with van der Waals surface area (Å²) in [5.74, 6) is 0. The lowest BCUT2D eigenvalue weighted by Gasteiger charge is -2.10. The van der Waals surface area contributed by atoms with Gasteiger partial charge in [0, 0.05) is 14.2 Å². The van der Waals surface area contributed by atoms with Crippen molar-refractivity contribution in [1.29, 1.82) is 0 Å². The highest BCUT2D eigenvalue weighted by Gasteiger charge is 1.99. The average Bonchev–Trinajstić information content (AvgIpc) is 1.83. The van der Waals surface area contributed by atoms with Crippen molar-refractivity contribution < 1.29 is 9.47 Å². The normalized spacial score (nSPS) is 10.5. The molecular weight excluding hydrogens is 104 g/mol. The van der Waals surface area contributed by atoms with E-state index in [-0.39, 0.29) is 6.29 Å². The fourth-order valence-electron chi connectivity index (χ4n) is 0.568. The van der Waals surface area contributed by atoms with Gasteiger partial charge in [-0.2, -0.15) is 0 Å². The molecule has 0 aromatic heterocycles. The monoisotopic (exact) mass is 118 g/mol. The van der Waals surface area contributed by atoms with E-state index in [1.165, 1.54) is 0 Å². The lowest BCUT2D eigenvalue weighted by molar-refractivity contribution is -0.106. The van der Waals surface area contributed by atoms with Crippen molar-refractivity contribution in [3.05, 3.63) is 0 Å². The molecule has 0 heterocycles. The Morgan fingerprint density at radius 3 is 1.88 bits per heavy atom. The maximum Gasteiger partial charge on any atom is 0.156 e. The highest BCUT2D eigenvalue weighted by Crippen LogP contribution is 1.99. The number of rotatable bonds is 4. The molecule has 0 radical (unpaired) electrons. The predicted molar refractivity (Wildman–Crippen MR) is 32.7 cm³/mol. The minimum Gasteiger partial charge on any atom is -0.356 e. The molecule has 0 saturated heterocycles. The molecule has 0 aliphatic rings. The van der Waals surface area contributed by atoms with E-state index in [1.807, 2.05) is 0 Å². The maximum atomic E-state index is 4.92. The first-order valence-corrected chi connectivity index (χ1v) is 2.90. The van der Waals surface area contributed by atoms with Crippen molar-refractivity contribution >= 4 is 0 Å². The van der Waals surface area contributed by atoms with Crippen LogP contribution in [-0.2, 0) is 9.47 Å². The summed E-state index contributed by atoms with van der Waals surface area (Å²) in [6.07, 6.45) is 2.08. The molecule has 0 aromatic rings. The van der Waals surface area contributed by atoms with Gasteiger partial charge in [-0.3, -0.25) is 0 Å². The summed E-state index contributed by atoms with van der Waals surface area (Å²) in [6.45, 7) is 2.10. The number of methoxy groups -OCH3 is 2. The Balaban J connectivity index is 3.07. The molecule has 0 N–H and O–H groups in total. The van der Waals surface area contributed by atoms with Gasteiger partial charge < -0.3 is 9.47 Å². The molecule has 0 bridgehead atoms. The molecule has 2 heteroatoms. The van der Waals surface area contributed by atoms with Crippen LogP contribution < -0.4 is 0 Å². The van der Waals surface area contributed by atoms with Crippen LogP contribution in [0.1, 0.15) is 19.8 Å². The van der Waals surface area contributed by atoms with Crippen LogP contribution in [0.15, 0.2) is 0 Å². The van der Waals surface area contributed by atoms with Crippen LogP contribution in [0, 0.1) is 0 Å². The predicted octanol–water partition coefficient (Wildman–Crippen LogP) is 1.41. The molecule has 0 saturated carbocycles. The zero-order valence-electron chi connectivity index (χ0n) is 5.81. The molecule has 0 aromatic carbocycles.